The zero-order valence-electron chi connectivity index (χ0n) is 12.0. The summed E-state index contributed by atoms with van der Waals surface area (Å²) >= 11 is 1.67. The first-order valence-electron chi connectivity index (χ1n) is 7.11. The highest BCUT2D eigenvalue weighted by molar-refractivity contribution is 7.25. The summed E-state index contributed by atoms with van der Waals surface area (Å²) < 4.78 is 6.93. The van der Waals surface area contributed by atoms with Gasteiger partial charge in [-0.25, -0.2) is 15.0 Å². The lowest BCUT2D eigenvalue weighted by Gasteiger charge is -2.36. The van der Waals surface area contributed by atoms with E-state index in [1.807, 2.05) is 12.3 Å². The maximum Gasteiger partial charge on any atom is 0.150 e. The second-order valence-corrected chi connectivity index (χ2v) is 6.49. The number of rotatable bonds is 1. The van der Waals surface area contributed by atoms with E-state index in [2.05, 4.69) is 39.8 Å². The van der Waals surface area contributed by atoms with Crippen LogP contribution in [-0.2, 0) is 4.74 Å². The van der Waals surface area contributed by atoms with Gasteiger partial charge < -0.3 is 9.64 Å². The van der Waals surface area contributed by atoms with E-state index in [-0.39, 0.29) is 12.2 Å². The first-order valence-corrected chi connectivity index (χ1v) is 7.92. The SMILES string of the molecule is CC1CN(c2ncnc3c2sc2ncccc23)CC(C)O1. The fraction of sp³-hybridized carbons (Fsp3) is 0.400. The molecule has 0 amide bonds. The van der Waals surface area contributed by atoms with Gasteiger partial charge in [-0.3, -0.25) is 0 Å². The van der Waals surface area contributed by atoms with Crippen molar-refractivity contribution in [3.63, 3.8) is 0 Å². The second kappa shape index (κ2) is 4.89. The minimum atomic E-state index is 0.214. The standard InChI is InChI=1S/C15H16N4OS/c1-9-6-19(7-10(2)20-9)14-13-12(17-8-18-14)11-4-3-5-16-15(11)21-13/h3-5,8-10H,6-7H2,1-2H3. The van der Waals surface area contributed by atoms with Gasteiger partial charge in [0.05, 0.1) is 22.4 Å². The number of ether oxygens (including phenoxy) is 1. The molecule has 0 aromatic carbocycles. The molecule has 0 radical (unpaired) electrons. The van der Waals surface area contributed by atoms with Crippen LogP contribution in [0.5, 0.6) is 0 Å². The topological polar surface area (TPSA) is 51.1 Å². The van der Waals surface area contributed by atoms with Gasteiger partial charge in [-0.15, -0.1) is 11.3 Å². The van der Waals surface area contributed by atoms with Crippen molar-refractivity contribution in [1.29, 1.82) is 0 Å². The Morgan fingerprint density at radius 3 is 2.81 bits per heavy atom. The number of pyridine rings is 1. The highest BCUT2D eigenvalue weighted by Crippen LogP contribution is 2.36. The summed E-state index contributed by atoms with van der Waals surface area (Å²) in [6.07, 6.45) is 3.91. The number of hydrogen-bond donors (Lipinski definition) is 0. The molecule has 0 aliphatic carbocycles. The van der Waals surface area contributed by atoms with Crippen molar-refractivity contribution in [3.8, 4) is 0 Å². The summed E-state index contributed by atoms with van der Waals surface area (Å²) in [6.45, 7) is 5.93. The average molecular weight is 300 g/mol. The van der Waals surface area contributed by atoms with Crippen molar-refractivity contribution in [2.45, 2.75) is 26.1 Å². The van der Waals surface area contributed by atoms with Crippen LogP contribution in [0.15, 0.2) is 24.7 Å². The van der Waals surface area contributed by atoms with E-state index in [1.165, 1.54) is 0 Å². The second-order valence-electron chi connectivity index (χ2n) is 5.50. The van der Waals surface area contributed by atoms with Crippen LogP contribution >= 0.6 is 11.3 Å². The summed E-state index contributed by atoms with van der Waals surface area (Å²) in [5.74, 6) is 1.00. The predicted octanol–water partition coefficient (Wildman–Crippen LogP) is 2.85. The van der Waals surface area contributed by atoms with E-state index in [1.54, 1.807) is 17.7 Å². The molecule has 21 heavy (non-hydrogen) atoms. The van der Waals surface area contributed by atoms with Crippen LogP contribution in [0, 0.1) is 0 Å². The van der Waals surface area contributed by atoms with Gasteiger partial charge in [-0.2, -0.15) is 0 Å². The summed E-state index contributed by atoms with van der Waals surface area (Å²) in [6, 6.07) is 4.03. The van der Waals surface area contributed by atoms with E-state index < -0.39 is 0 Å². The molecule has 1 fully saturated rings. The quantitative estimate of drug-likeness (QED) is 0.691. The molecule has 0 saturated carbocycles. The third-order valence-electron chi connectivity index (χ3n) is 3.73. The van der Waals surface area contributed by atoms with Crippen LogP contribution in [0.2, 0.25) is 0 Å². The summed E-state index contributed by atoms with van der Waals surface area (Å²) in [4.78, 5) is 16.8. The van der Waals surface area contributed by atoms with E-state index in [0.717, 1.165) is 39.3 Å². The van der Waals surface area contributed by atoms with Crippen molar-refractivity contribution in [3.05, 3.63) is 24.7 Å². The number of nitrogens with zero attached hydrogens (tertiary/aromatic N) is 4. The molecule has 1 aliphatic rings. The maximum atomic E-state index is 5.81. The number of anilines is 1. The van der Waals surface area contributed by atoms with Crippen LogP contribution in [0.3, 0.4) is 0 Å². The summed E-state index contributed by atoms with van der Waals surface area (Å²) in [5, 5.41) is 1.11. The Hall–Kier alpha value is -1.79. The molecular weight excluding hydrogens is 284 g/mol. The zero-order valence-corrected chi connectivity index (χ0v) is 12.8. The lowest BCUT2D eigenvalue weighted by Crippen LogP contribution is -2.45. The lowest BCUT2D eigenvalue weighted by molar-refractivity contribution is -0.00536. The Morgan fingerprint density at radius 2 is 2.00 bits per heavy atom. The Balaban J connectivity index is 1.88. The fourth-order valence-corrected chi connectivity index (χ4v) is 4.09. The Morgan fingerprint density at radius 1 is 1.19 bits per heavy atom. The number of hydrogen-bond acceptors (Lipinski definition) is 6. The van der Waals surface area contributed by atoms with Gasteiger partial charge in [-0.1, -0.05) is 0 Å². The molecule has 0 spiro atoms. The largest absolute Gasteiger partial charge is 0.372 e. The van der Waals surface area contributed by atoms with E-state index in [4.69, 9.17) is 4.74 Å². The molecule has 2 unspecified atom stereocenters. The molecule has 3 aromatic heterocycles. The maximum absolute atomic E-state index is 5.81. The number of aromatic nitrogens is 3. The van der Waals surface area contributed by atoms with Gasteiger partial charge in [0.15, 0.2) is 0 Å². The van der Waals surface area contributed by atoms with Gasteiger partial charge in [-0.05, 0) is 26.0 Å². The van der Waals surface area contributed by atoms with Crippen LogP contribution in [-0.4, -0.2) is 40.2 Å². The molecule has 1 aliphatic heterocycles. The zero-order chi connectivity index (χ0) is 14.4. The molecule has 6 heteroatoms. The third kappa shape index (κ3) is 2.15. The number of thiophene rings is 1. The molecular formula is C15H16N4OS. The smallest absolute Gasteiger partial charge is 0.150 e. The van der Waals surface area contributed by atoms with Crippen molar-refractivity contribution in [1.82, 2.24) is 15.0 Å². The summed E-state index contributed by atoms with van der Waals surface area (Å²) in [7, 11) is 0. The number of morpholine rings is 1. The average Bonchev–Trinajstić information content (AvgIpc) is 2.84. The van der Waals surface area contributed by atoms with Crippen molar-refractivity contribution in [2.24, 2.45) is 0 Å². The fourth-order valence-electron chi connectivity index (χ4n) is 2.98. The van der Waals surface area contributed by atoms with Crippen molar-refractivity contribution >= 4 is 37.6 Å². The minimum Gasteiger partial charge on any atom is -0.372 e. The van der Waals surface area contributed by atoms with Gasteiger partial charge in [0.25, 0.3) is 0 Å². The summed E-state index contributed by atoms with van der Waals surface area (Å²) in [5.41, 5.74) is 1.000. The normalized spacial score (nSPS) is 23.0. The van der Waals surface area contributed by atoms with E-state index >= 15 is 0 Å². The molecule has 0 N–H and O–H groups in total. The highest BCUT2D eigenvalue weighted by Gasteiger charge is 2.25. The van der Waals surface area contributed by atoms with Gasteiger partial charge >= 0.3 is 0 Å². The Labute approximate surface area is 126 Å². The van der Waals surface area contributed by atoms with Crippen LogP contribution in [0.1, 0.15) is 13.8 Å². The van der Waals surface area contributed by atoms with Crippen LogP contribution in [0.4, 0.5) is 5.82 Å². The predicted molar refractivity (Wildman–Crippen MR) is 84.9 cm³/mol. The van der Waals surface area contributed by atoms with Crippen molar-refractivity contribution in [2.75, 3.05) is 18.0 Å². The number of fused-ring (bicyclic) bond motifs is 3. The first-order chi connectivity index (χ1) is 10.2. The molecule has 2 atom stereocenters. The van der Waals surface area contributed by atoms with Crippen molar-refractivity contribution < 1.29 is 4.74 Å². The molecule has 4 heterocycles. The Kier molecular flexibility index (Phi) is 3.01. The van der Waals surface area contributed by atoms with E-state index in [0.29, 0.717) is 0 Å². The van der Waals surface area contributed by atoms with Crippen LogP contribution in [0.25, 0.3) is 20.4 Å². The minimum absolute atomic E-state index is 0.214. The monoisotopic (exact) mass is 300 g/mol. The van der Waals surface area contributed by atoms with Gasteiger partial charge in [0, 0.05) is 24.7 Å². The molecule has 5 nitrogen and oxygen atoms in total. The Bertz CT molecular complexity index is 793. The van der Waals surface area contributed by atoms with Crippen LogP contribution < -0.4 is 4.90 Å². The highest BCUT2D eigenvalue weighted by atomic mass is 32.1. The molecule has 108 valence electrons. The lowest BCUT2D eigenvalue weighted by atomic mass is 10.2. The third-order valence-corrected chi connectivity index (χ3v) is 4.83. The van der Waals surface area contributed by atoms with E-state index in [9.17, 15) is 0 Å². The van der Waals surface area contributed by atoms with Gasteiger partial charge in [0.2, 0.25) is 0 Å². The molecule has 1 saturated heterocycles. The first kappa shape index (κ1) is 12.9. The molecule has 3 aromatic rings. The van der Waals surface area contributed by atoms with Gasteiger partial charge in [0.1, 0.15) is 17.0 Å². The molecule has 0 bridgehead atoms. The molecule has 4 rings (SSSR count).